The van der Waals surface area contributed by atoms with Crippen LogP contribution in [0.4, 0.5) is 10.3 Å². The van der Waals surface area contributed by atoms with Crippen molar-refractivity contribution in [1.29, 1.82) is 0 Å². The molecule has 1 amide bonds. The SMILES string of the molecule is CC1(C(=O)NCC2CCCO2)COC(c2nc(-c3ccc(F)cc3)c(-c3ccnc(NCCO)n3)[nH]2)OC1. The molecule has 2 aromatic heterocycles. The van der Waals surface area contributed by atoms with E-state index in [4.69, 9.17) is 24.3 Å². The van der Waals surface area contributed by atoms with Crippen LogP contribution in [0, 0.1) is 11.2 Å². The van der Waals surface area contributed by atoms with Gasteiger partial charge in [-0.1, -0.05) is 0 Å². The first kappa shape index (κ1) is 26.2. The Morgan fingerprint density at radius 3 is 2.68 bits per heavy atom. The molecule has 2 aliphatic heterocycles. The number of anilines is 1. The van der Waals surface area contributed by atoms with Gasteiger partial charge >= 0.3 is 0 Å². The number of imidazole rings is 1. The summed E-state index contributed by atoms with van der Waals surface area (Å²) in [6, 6.07) is 7.68. The number of nitrogens with one attached hydrogen (secondary N) is 3. The van der Waals surface area contributed by atoms with Crippen LogP contribution < -0.4 is 10.6 Å². The number of amides is 1. The smallest absolute Gasteiger partial charge is 0.230 e. The molecule has 2 fully saturated rings. The van der Waals surface area contributed by atoms with Crippen LogP contribution in [-0.2, 0) is 19.0 Å². The molecular weight excluding hydrogens is 495 g/mol. The van der Waals surface area contributed by atoms with Gasteiger partial charge in [0, 0.05) is 31.5 Å². The molecule has 4 N–H and O–H groups in total. The summed E-state index contributed by atoms with van der Waals surface area (Å²) in [5, 5.41) is 15.0. The third kappa shape index (κ3) is 5.83. The van der Waals surface area contributed by atoms with Gasteiger partial charge in [-0.3, -0.25) is 4.79 Å². The van der Waals surface area contributed by atoms with Gasteiger partial charge in [0.1, 0.15) is 5.82 Å². The molecule has 4 heterocycles. The number of rotatable bonds is 9. The first-order chi connectivity index (χ1) is 18.4. The lowest BCUT2D eigenvalue weighted by Crippen LogP contribution is -2.49. The molecule has 0 radical (unpaired) electrons. The van der Waals surface area contributed by atoms with Gasteiger partial charge < -0.3 is 34.9 Å². The first-order valence-corrected chi connectivity index (χ1v) is 12.6. The van der Waals surface area contributed by atoms with Gasteiger partial charge in [-0.25, -0.2) is 19.3 Å². The topological polar surface area (TPSA) is 144 Å². The fourth-order valence-electron chi connectivity index (χ4n) is 4.38. The Labute approximate surface area is 219 Å². The Bertz CT molecular complexity index is 1240. The van der Waals surface area contributed by atoms with E-state index in [9.17, 15) is 9.18 Å². The van der Waals surface area contributed by atoms with Crippen LogP contribution in [0.15, 0.2) is 36.5 Å². The van der Waals surface area contributed by atoms with E-state index >= 15 is 0 Å². The van der Waals surface area contributed by atoms with Crippen molar-refractivity contribution in [2.75, 3.05) is 44.8 Å². The highest BCUT2D eigenvalue weighted by Gasteiger charge is 2.41. The number of aromatic nitrogens is 4. The van der Waals surface area contributed by atoms with Crippen LogP contribution in [0.3, 0.4) is 0 Å². The number of nitrogens with zero attached hydrogens (tertiary/aromatic N) is 3. The number of ether oxygens (including phenoxy) is 3. The van der Waals surface area contributed by atoms with Gasteiger partial charge in [0.05, 0.1) is 48.4 Å². The zero-order chi connectivity index (χ0) is 26.5. The summed E-state index contributed by atoms with van der Waals surface area (Å²) in [6.45, 7) is 3.50. The van der Waals surface area contributed by atoms with Crippen LogP contribution in [0.2, 0.25) is 0 Å². The highest BCUT2D eigenvalue weighted by Crippen LogP contribution is 2.35. The molecule has 2 aliphatic rings. The summed E-state index contributed by atoms with van der Waals surface area (Å²) in [7, 11) is 0. The van der Waals surface area contributed by atoms with E-state index in [1.54, 1.807) is 31.3 Å². The number of hydrogen-bond donors (Lipinski definition) is 4. The number of aromatic amines is 1. The monoisotopic (exact) mass is 526 g/mol. The minimum atomic E-state index is -0.857. The highest BCUT2D eigenvalue weighted by atomic mass is 19.1. The molecule has 38 heavy (non-hydrogen) atoms. The maximum absolute atomic E-state index is 13.6. The largest absolute Gasteiger partial charge is 0.395 e. The van der Waals surface area contributed by atoms with Crippen LogP contribution in [0.1, 0.15) is 31.9 Å². The van der Waals surface area contributed by atoms with E-state index in [0.717, 1.165) is 19.4 Å². The average molecular weight is 527 g/mol. The number of halogens is 1. The number of carbonyl (C=O) groups excluding carboxylic acids is 1. The molecule has 0 spiro atoms. The zero-order valence-corrected chi connectivity index (χ0v) is 21.1. The highest BCUT2D eigenvalue weighted by molar-refractivity contribution is 5.82. The molecule has 12 heteroatoms. The van der Waals surface area contributed by atoms with Crippen molar-refractivity contribution in [3.05, 3.63) is 48.2 Å². The lowest BCUT2D eigenvalue weighted by Gasteiger charge is -2.35. The predicted octanol–water partition coefficient (Wildman–Crippen LogP) is 2.42. The fourth-order valence-corrected chi connectivity index (χ4v) is 4.38. The number of benzene rings is 1. The van der Waals surface area contributed by atoms with Gasteiger partial charge in [0.25, 0.3) is 0 Å². The van der Waals surface area contributed by atoms with Crippen molar-refractivity contribution in [1.82, 2.24) is 25.3 Å². The summed E-state index contributed by atoms with van der Waals surface area (Å²) in [4.78, 5) is 29.5. The first-order valence-electron chi connectivity index (χ1n) is 12.6. The summed E-state index contributed by atoms with van der Waals surface area (Å²) in [6.07, 6.45) is 2.75. The van der Waals surface area contributed by atoms with Crippen molar-refractivity contribution in [3.8, 4) is 22.6 Å². The Balaban J connectivity index is 1.35. The summed E-state index contributed by atoms with van der Waals surface area (Å²) in [5.41, 5.74) is 1.44. The molecule has 5 rings (SSSR count). The Hall–Kier alpha value is -3.45. The second kappa shape index (κ2) is 11.5. The minimum Gasteiger partial charge on any atom is -0.395 e. The number of aliphatic hydroxyl groups is 1. The third-order valence-electron chi connectivity index (χ3n) is 6.54. The van der Waals surface area contributed by atoms with E-state index in [1.165, 1.54) is 12.1 Å². The molecular formula is C26H31FN6O5. The minimum absolute atomic E-state index is 0.0494. The molecule has 1 atom stereocenters. The van der Waals surface area contributed by atoms with Gasteiger partial charge in [-0.2, -0.15) is 0 Å². The average Bonchev–Trinajstić information content (AvgIpc) is 3.62. The van der Waals surface area contributed by atoms with Crippen molar-refractivity contribution in [2.45, 2.75) is 32.2 Å². The molecule has 1 aromatic carbocycles. The summed E-state index contributed by atoms with van der Waals surface area (Å²) in [5.74, 6) is 0.222. The van der Waals surface area contributed by atoms with E-state index < -0.39 is 11.7 Å². The summed E-state index contributed by atoms with van der Waals surface area (Å²) >= 11 is 0. The Kier molecular flexibility index (Phi) is 7.93. The Morgan fingerprint density at radius 1 is 1.18 bits per heavy atom. The fraction of sp³-hybridized carbons (Fsp3) is 0.462. The Morgan fingerprint density at radius 2 is 1.97 bits per heavy atom. The van der Waals surface area contributed by atoms with Crippen LogP contribution in [0.5, 0.6) is 0 Å². The second-order valence-corrected chi connectivity index (χ2v) is 9.63. The molecule has 11 nitrogen and oxygen atoms in total. The van der Waals surface area contributed by atoms with Gasteiger partial charge in [0.15, 0.2) is 5.82 Å². The zero-order valence-electron chi connectivity index (χ0n) is 21.1. The third-order valence-corrected chi connectivity index (χ3v) is 6.54. The molecule has 0 bridgehead atoms. The summed E-state index contributed by atoms with van der Waals surface area (Å²) < 4.78 is 31.1. The lowest BCUT2D eigenvalue weighted by molar-refractivity contribution is -0.231. The van der Waals surface area contributed by atoms with E-state index in [-0.39, 0.29) is 37.6 Å². The normalized spacial score (nSPS) is 23.3. The van der Waals surface area contributed by atoms with E-state index in [2.05, 4.69) is 25.6 Å². The van der Waals surface area contributed by atoms with Crippen molar-refractivity contribution in [2.24, 2.45) is 5.41 Å². The van der Waals surface area contributed by atoms with Crippen molar-refractivity contribution < 1.29 is 28.5 Å². The van der Waals surface area contributed by atoms with Crippen molar-refractivity contribution in [3.63, 3.8) is 0 Å². The second-order valence-electron chi connectivity index (χ2n) is 9.63. The number of aliphatic hydroxyl groups excluding tert-OH is 1. The van der Waals surface area contributed by atoms with E-state index in [0.29, 0.717) is 47.5 Å². The van der Waals surface area contributed by atoms with Crippen LogP contribution in [0.25, 0.3) is 22.6 Å². The molecule has 0 saturated carbocycles. The maximum Gasteiger partial charge on any atom is 0.230 e. The molecule has 1 unspecified atom stereocenters. The number of carbonyl (C=O) groups is 1. The van der Waals surface area contributed by atoms with Gasteiger partial charge in [-0.15, -0.1) is 0 Å². The molecule has 202 valence electrons. The molecule has 0 aliphatic carbocycles. The van der Waals surface area contributed by atoms with Gasteiger partial charge in [-0.05, 0) is 50.1 Å². The van der Waals surface area contributed by atoms with Crippen LogP contribution in [-0.4, -0.2) is 76.6 Å². The quantitative estimate of drug-likeness (QED) is 0.330. The van der Waals surface area contributed by atoms with Crippen molar-refractivity contribution >= 4 is 11.9 Å². The standard InChI is InChI=1S/C26H31FN6O5/c1-26(24(35)30-13-18-3-2-12-36-18)14-37-23(38-15-26)22-32-20(16-4-6-17(27)7-5-16)21(33-22)19-8-9-28-25(31-19)29-10-11-34/h4-9,18,23,34H,2-3,10-15H2,1H3,(H,30,35)(H,32,33)(H,28,29,31). The lowest BCUT2D eigenvalue weighted by atomic mass is 9.91. The number of hydrogen-bond acceptors (Lipinski definition) is 9. The van der Waals surface area contributed by atoms with Gasteiger partial charge in [0.2, 0.25) is 18.1 Å². The van der Waals surface area contributed by atoms with E-state index in [1.807, 2.05) is 0 Å². The molecule has 2 saturated heterocycles. The predicted molar refractivity (Wildman–Crippen MR) is 135 cm³/mol. The number of H-pyrrole nitrogens is 1. The van der Waals surface area contributed by atoms with Crippen LogP contribution >= 0.6 is 0 Å². The molecule has 3 aromatic rings. The maximum atomic E-state index is 13.6.